The zero-order valence-electron chi connectivity index (χ0n) is 22.9. The average molecular weight is 629 g/mol. The molecule has 2 rings (SSSR count). The third-order valence-corrected chi connectivity index (χ3v) is 5.94. The van der Waals surface area contributed by atoms with Crippen molar-refractivity contribution in [1.82, 2.24) is 10.8 Å². The normalized spacial score (nSPS) is 10.6. The second-order valence-corrected chi connectivity index (χ2v) is 9.45. The molecule has 0 aliphatic rings. The number of carbonyl (C=O) groups excluding carboxylic acids is 3. The van der Waals surface area contributed by atoms with Gasteiger partial charge in [-0.2, -0.15) is 5.48 Å². The van der Waals surface area contributed by atoms with E-state index in [1.807, 2.05) is 5.48 Å². The highest BCUT2D eigenvalue weighted by molar-refractivity contribution is 6.35. The molecule has 0 unspecified atom stereocenters. The van der Waals surface area contributed by atoms with Gasteiger partial charge in [-0.1, -0.05) is 29.3 Å². The van der Waals surface area contributed by atoms with Crippen LogP contribution in [0, 0.1) is 0 Å². The average Bonchev–Trinajstić information content (AvgIpc) is 2.95. The number of benzene rings is 2. The fraction of sp³-hybridized carbons (Fsp3) is 0.407. The van der Waals surface area contributed by atoms with Crippen molar-refractivity contribution in [3.05, 3.63) is 63.1 Å². The van der Waals surface area contributed by atoms with Gasteiger partial charge in [-0.15, -0.1) is 0 Å². The summed E-state index contributed by atoms with van der Waals surface area (Å²) < 4.78 is 16.1. The Labute approximate surface area is 253 Å². The number of guanidine groups is 1. The van der Waals surface area contributed by atoms with Crippen LogP contribution in [0.15, 0.2) is 41.4 Å². The van der Waals surface area contributed by atoms with Crippen LogP contribution in [0.4, 0.5) is 5.69 Å². The molecule has 0 radical (unpaired) electrons. The van der Waals surface area contributed by atoms with Gasteiger partial charge < -0.3 is 40.9 Å². The molecule has 42 heavy (non-hydrogen) atoms. The Hall–Kier alpha value is -3.46. The zero-order chi connectivity index (χ0) is 30.7. The minimum atomic E-state index is -0.734. The van der Waals surface area contributed by atoms with Gasteiger partial charge in [-0.3, -0.25) is 9.59 Å². The van der Waals surface area contributed by atoms with Crippen molar-refractivity contribution in [3.8, 4) is 0 Å². The van der Waals surface area contributed by atoms with E-state index in [1.165, 1.54) is 12.1 Å². The number of nitrogens with two attached hydrogens (primary N) is 2. The number of hydrogen-bond donors (Lipinski definition) is 5. The summed E-state index contributed by atoms with van der Waals surface area (Å²) >= 11 is 12.5. The lowest BCUT2D eigenvalue weighted by Gasteiger charge is -2.13. The molecule has 0 bridgehead atoms. The molecule has 0 saturated carbocycles. The highest BCUT2D eigenvalue weighted by atomic mass is 35.5. The standard InChI is InChI=1S/C27H35Cl2N5O8/c28-20-14-18(22(23(29)16-20)6-8-39-10-12-41-13-11-40-9-7-35)4-5-25(37)42-34-24(36)17-32-26(38)19-2-1-3-21(15-19)33-27(30)31/h1-3,14-16,35H,4-13,17H2,(H,32,38)(H,34,36)(H4,30,31,33). The third-order valence-electron chi connectivity index (χ3n) is 5.38. The minimum Gasteiger partial charge on any atom is -0.394 e. The quantitative estimate of drug-likeness (QED) is 0.0697. The molecule has 13 nitrogen and oxygen atoms in total. The number of halogens is 2. The topological polar surface area (TPSA) is 197 Å². The number of nitrogens with one attached hydrogen (secondary N) is 2. The first-order chi connectivity index (χ1) is 20.2. The highest BCUT2D eigenvalue weighted by Gasteiger charge is 2.14. The molecule has 0 aliphatic heterocycles. The van der Waals surface area contributed by atoms with E-state index in [0.29, 0.717) is 55.2 Å². The van der Waals surface area contributed by atoms with Crippen molar-refractivity contribution in [3.63, 3.8) is 0 Å². The lowest BCUT2D eigenvalue weighted by molar-refractivity contribution is -0.157. The Balaban J connectivity index is 1.73. The van der Waals surface area contributed by atoms with E-state index in [-0.39, 0.29) is 37.6 Å². The van der Waals surface area contributed by atoms with Crippen molar-refractivity contribution < 1.29 is 38.5 Å². The van der Waals surface area contributed by atoms with Crippen LogP contribution in [-0.4, -0.2) is 81.6 Å². The summed E-state index contributed by atoms with van der Waals surface area (Å²) in [6.07, 6.45) is 0.663. The Bertz CT molecular complexity index is 1210. The maximum Gasteiger partial charge on any atom is 0.332 e. The fourth-order valence-corrected chi connectivity index (χ4v) is 4.14. The van der Waals surface area contributed by atoms with Crippen LogP contribution in [-0.2, 0) is 41.5 Å². The fourth-order valence-electron chi connectivity index (χ4n) is 3.51. The monoisotopic (exact) mass is 627 g/mol. The highest BCUT2D eigenvalue weighted by Crippen LogP contribution is 2.27. The molecule has 15 heteroatoms. The molecule has 0 heterocycles. The van der Waals surface area contributed by atoms with Gasteiger partial charge in [0.1, 0.15) is 0 Å². The molecule has 0 atom stereocenters. The van der Waals surface area contributed by atoms with Crippen LogP contribution in [0.5, 0.6) is 0 Å². The summed E-state index contributed by atoms with van der Waals surface area (Å²) in [6.45, 7) is 1.73. The number of aliphatic hydroxyl groups excluding tert-OH is 1. The number of aliphatic imine (C=N–C) groups is 1. The number of aryl methyl sites for hydroxylation is 1. The predicted molar refractivity (Wildman–Crippen MR) is 157 cm³/mol. The van der Waals surface area contributed by atoms with Crippen molar-refractivity contribution in [2.24, 2.45) is 16.5 Å². The lowest BCUT2D eigenvalue weighted by Crippen LogP contribution is -2.38. The number of amides is 2. The first kappa shape index (κ1) is 34.7. The van der Waals surface area contributed by atoms with Crippen LogP contribution >= 0.6 is 23.2 Å². The molecule has 0 spiro atoms. The van der Waals surface area contributed by atoms with E-state index in [0.717, 1.165) is 11.1 Å². The molecule has 230 valence electrons. The van der Waals surface area contributed by atoms with Gasteiger partial charge in [0.05, 0.1) is 64.9 Å². The molecule has 0 aromatic heterocycles. The molecule has 0 fully saturated rings. The van der Waals surface area contributed by atoms with E-state index in [4.69, 9.17) is 58.8 Å². The van der Waals surface area contributed by atoms with Crippen LogP contribution in [0.1, 0.15) is 27.9 Å². The van der Waals surface area contributed by atoms with Gasteiger partial charge in [0, 0.05) is 15.6 Å². The number of aliphatic hydroxyl groups is 1. The van der Waals surface area contributed by atoms with Crippen LogP contribution < -0.4 is 22.3 Å². The molecular formula is C27H35Cl2N5O8. The van der Waals surface area contributed by atoms with Crippen molar-refractivity contribution >= 4 is 52.6 Å². The number of hydroxylamine groups is 1. The van der Waals surface area contributed by atoms with Crippen LogP contribution in [0.25, 0.3) is 0 Å². The minimum absolute atomic E-state index is 0.0296. The van der Waals surface area contributed by atoms with Gasteiger partial charge in [0.15, 0.2) is 5.96 Å². The number of nitrogens with zero attached hydrogens (tertiary/aromatic N) is 1. The van der Waals surface area contributed by atoms with Gasteiger partial charge >= 0.3 is 5.97 Å². The van der Waals surface area contributed by atoms with E-state index < -0.39 is 24.3 Å². The predicted octanol–water partition coefficient (Wildman–Crippen LogP) is 1.42. The van der Waals surface area contributed by atoms with Crippen molar-refractivity contribution in [2.75, 3.05) is 52.8 Å². The second kappa shape index (κ2) is 19.6. The SMILES string of the molecule is NC(N)=Nc1cccc(C(=O)NCC(=O)NOC(=O)CCc2cc(Cl)cc(Cl)c2CCOCCOCCOCCO)c1. The summed E-state index contributed by atoms with van der Waals surface area (Å²) in [4.78, 5) is 45.3. The largest absolute Gasteiger partial charge is 0.394 e. The summed E-state index contributed by atoms with van der Waals surface area (Å²) in [5.41, 5.74) is 14.8. The summed E-state index contributed by atoms with van der Waals surface area (Å²) in [5, 5.41) is 11.9. The lowest BCUT2D eigenvalue weighted by atomic mass is 10.0. The third kappa shape index (κ3) is 13.9. The van der Waals surface area contributed by atoms with Crippen LogP contribution in [0.2, 0.25) is 10.0 Å². The van der Waals surface area contributed by atoms with E-state index >= 15 is 0 Å². The Morgan fingerprint density at radius 3 is 2.29 bits per heavy atom. The van der Waals surface area contributed by atoms with E-state index in [2.05, 4.69) is 10.3 Å². The maximum absolute atomic E-state index is 12.3. The van der Waals surface area contributed by atoms with Crippen LogP contribution in [0.3, 0.4) is 0 Å². The van der Waals surface area contributed by atoms with Crippen molar-refractivity contribution in [1.29, 1.82) is 0 Å². The summed E-state index contributed by atoms with van der Waals surface area (Å²) in [7, 11) is 0. The first-order valence-electron chi connectivity index (χ1n) is 13.0. The van der Waals surface area contributed by atoms with E-state index in [9.17, 15) is 14.4 Å². The molecule has 2 aromatic rings. The molecule has 0 aliphatic carbocycles. The van der Waals surface area contributed by atoms with Gasteiger partial charge in [0.25, 0.3) is 11.8 Å². The molecule has 2 amide bonds. The van der Waals surface area contributed by atoms with Gasteiger partial charge in [-0.05, 0) is 54.3 Å². The summed E-state index contributed by atoms with van der Waals surface area (Å²) in [6, 6.07) is 9.48. The van der Waals surface area contributed by atoms with Gasteiger partial charge in [-0.25, -0.2) is 9.79 Å². The Morgan fingerprint density at radius 2 is 1.60 bits per heavy atom. The number of hydrogen-bond acceptors (Lipinski definition) is 9. The molecule has 2 aromatic carbocycles. The van der Waals surface area contributed by atoms with E-state index in [1.54, 1.807) is 24.3 Å². The Kier molecular flexibility index (Phi) is 16.2. The van der Waals surface area contributed by atoms with Crippen molar-refractivity contribution in [2.45, 2.75) is 19.3 Å². The zero-order valence-corrected chi connectivity index (χ0v) is 24.4. The Morgan fingerprint density at radius 1 is 0.905 bits per heavy atom. The number of rotatable bonds is 18. The number of ether oxygens (including phenoxy) is 3. The maximum atomic E-state index is 12.3. The molecule has 0 saturated heterocycles. The number of carbonyl (C=O) groups is 3. The first-order valence-corrected chi connectivity index (χ1v) is 13.7. The van der Waals surface area contributed by atoms with Gasteiger partial charge in [0.2, 0.25) is 0 Å². The molecular weight excluding hydrogens is 593 g/mol. The second-order valence-electron chi connectivity index (χ2n) is 8.60. The molecule has 7 N–H and O–H groups in total. The smallest absolute Gasteiger partial charge is 0.332 e. The summed E-state index contributed by atoms with van der Waals surface area (Å²) in [5.74, 6) is -2.14.